The summed E-state index contributed by atoms with van der Waals surface area (Å²) in [4.78, 5) is 18.8. The summed E-state index contributed by atoms with van der Waals surface area (Å²) in [5, 5.41) is 0. The summed E-state index contributed by atoms with van der Waals surface area (Å²) in [6.45, 7) is 4.27. The SMILES string of the molecule is CCOC(=O)CC(c1ncc(Br)cc1Br)N1CCCCC1. The fraction of sp³-hybridized carbons (Fsp3) is 0.600. The molecule has 0 aromatic carbocycles. The second-order valence-electron chi connectivity index (χ2n) is 5.14. The molecule has 0 bridgehead atoms. The molecular weight excluding hydrogens is 400 g/mol. The summed E-state index contributed by atoms with van der Waals surface area (Å²) in [6.07, 6.45) is 5.74. The Bertz CT molecular complexity index is 491. The summed E-state index contributed by atoms with van der Waals surface area (Å²) >= 11 is 6.99. The van der Waals surface area contributed by atoms with Crippen molar-refractivity contribution >= 4 is 37.8 Å². The van der Waals surface area contributed by atoms with Gasteiger partial charge in [-0.3, -0.25) is 14.7 Å². The first-order chi connectivity index (χ1) is 10.1. The molecule has 0 saturated carbocycles. The standard InChI is InChI=1S/C15H20Br2N2O2/c1-2-21-14(20)9-13(19-6-4-3-5-7-19)15-12(17)8-11(16)10-18-15/h8,10,13H,2-7,9H2,1H3. The lowest BCUT2D eigenvalue weighted by Crippen LogP contribution is -2.35. The first-order valence-corrected chi connectivity index (χ1v) is 8.91. The van der Waals surface area contributed by atoms with E-state index >= 15 is 0 Å². The maximum Gasteiger partial charge on any atom is 0.307 e. The van der Waals surface area contributed by atoms with Gasteiger partial charge in [-0.05, 0) is 70.8 Å². The largest absolute Gasteiger partial charge is 0.466 e. The zero-order valence-corrected chi connectivity index (χ0v) is 15.3. The van der Waals surface area contributed by atoms with Gasteiger partial charge < -0.3 is 4.74 Å². The molecule has 0 spiro atoms. The molecule has 0 amide bonds. The van der Waals surface area contributed by atoms with Gasteiger partial charge in [0.25, 0.3) is 0 Å². The minimum atomic E-state index is -0.162. The van der Waals surface area contributed by atoms with Crippen LogP contribution in [-0.2, 0) is 9.53 Å². The zero-order valence-electron chi connectivity index (χ0n) is 12.1. The summed E-state index contributed by atoms with van der Waals surface area (Å²) in [5.74, 6) is -0.162. The van der Waals surface area contributed by atoms with Crippen LogP contribution in [0.2, 0.25) is 0 Å². The molecule has 1 aromatic rings. The summed E-state index contributed by atoms with van der Waals surface area (Å²) in [6, 6.07) is 1.96. The average molecular weight is 420 g/mol. The Hall–Kier alpha value is -0.460. The van der Waals surface area contributed by atoms with Crippen molar-refractivity contribution in [3.63, 3.8) is 0 Å². The van der Waals surface area contributed by atoms with E-state index in [-0.39, 0.29) is 12.0 Å². The maximum absolute atomic E-state index is 11.9. The van der Waals surface area contributed by atoms with Gasteiger partial charge in [0.05, 0.1) is 24.8 Å². The lowest BCUT2D eigenvalue weighted by Gasteiger charge is -2.34. The Labute approximate surface area is 142 Å². The highest BCUT2D eigenvalue weighted by molar-refractivity contribution is 9.11. The van der Waals surface area contributed by atoms with E-state index < -0.39 is 0 Å². The van der Waals surface area contributed by atoms with Crippen LogP contribution in [-0.4, -0.2) is 35.5 Å². The summed E-state index contributed by atoms with van der Waals surface area (Å²) < 4.78 is 6.98. The topological polar surface area (TPSA) is 42.4 Å². The fourth-order valence-corrected chi connectivity index (χ4v) is 3.93. The molecule has 2 rings (SSSR count). The predicted octanol–water partition coefficient (Wildman–Crippen LogP) is 4.09. The Morgan fingerprint density at radius 3 is 2.71 bits per heavy atom. The van der Waals surface area contributed by atoms with E-state index in [1.165, 1.54) is 19.3 Å². The molecule has 21 heavy (non-hydrogen) atoms. The van der Waals surface area contributed by atoms with Crippen LogP contribution < -0.4 is 0 Å². The first kappa shape index (κ1) is 16.9. The van der Waals surface area contributed by atoms with Crippen LogP contribution in [0, 0.1) is 0 Å². The number of esters is 1. The Balaban J connectivity index is 2.23. The number of ether oxygens (including phenoxy) is 1. The molecule has 6 heteroatoms. The molecule has 116 valence electrons. The van der Waals surface area contributed by atoms with Crippen molar-refractivity contribution in [1.82, 2.24) is 9.88 Å². The molecule has 1 aliphatic heterocycles. The monoisotopic (exact) mass is 418 g/mol. The van der Waals surface area contributed by atoms with E-state index in [2.05, 4.69) is 41.7 Å². The number of piperidine rings is 1. The molecule has 2 heterocycles. The van der Waals surface area contributed by atoms with Gasteiger partial charge in [0, 0.05) is 15.1 Å². The molecule has 1 atom stereocenters. The molecular formula is C15H20Br2N2O2. The van der Waals surface area contributed by atoms with Crippen molar-refractivity contribution in [2.75, 3.05) is 19.7 Å². The van der Waals surface area contributed by atoms with Crippen LogP contribution >= 0.6 is 31.9 Å². The Morgan fingerprint density at radius 2 is 2.10 bits per heavy atom. The van der Waals surface area contributed by atoms with Crippen molar-refractivity contribution in [2.24, 2.45) is 0 Å². The summed E-state index contributed by atoms with van der Waals surface area (Å²) in [5.41, 5.74) is 0.910. The van der Waals surface area contributed by atoms with Crippen molar-refractivity contribution < 1.29 is 9.53 Å². The normalized spacial score (nSPS) is 17.5. The van der Waals surface area contributed by atoms with Crippen LogP contribution in [0.3, 0.4) is 0 Å². The molecule has 1 fully saturated rings. The van der Waals surface area contributed by atoms with Gasteiger partial charge >= 0.3 is 5.97 Å². The van der Waals surface area contributed by atoms with Crippen molar-refractivity contribution in [1.29, 1.82) is 0 Å². The minimum Gasteiger partial charge on any atom is -0.466 e. The number of likely N-dealkylation sites (tertiary alicyclic amines) is 1. The van der Waals surface area contributed by atoms with Crippen LogP contribution in [0.1, 0.15) is 44.3 Å². The van der Waals surface area contributed by atoms with Crippen molar-refractivity contribution in [2.45, 2.75) is 38.6 Å². The van der Waals surface area contributed by atoms with E-state index in [1.807, 2.05) is 13.0 Å². The van der Waals surface area contributed by atoms with Gasteiger partial charge in [-0.25, -0.2) is 0 Å². The number of aromatic nitrogens is 1. The number of pyridine rings is 1. The Morgan fingerprint density at radius 1 is 1.38 bits per heavy atom. The third-order valence-electron chi connectivity index (χ3n) is 3.65. The number of carbonyl (C=O) groups excluding carboxylic acids is 1. The maximum atomic E-state index is 11.9. The van der Waals surface area contributed by atoms with Gasteiger partial charge in [0.2, 0.25) is 0 Å². The number of nitrogens with zero attached hydrogens (tertiary/aromatic N) is 2. The second-order valence-corrected chi connectivity index (χ2v) is 6.91. The predicted molar refractivity (Wildman–Crippen MR) is 89.1 cm³/mol. The third kappa shape index (κ3) is 4.76. The minimum absolute atomic E-state index is 0.0215. The quantitative estimate of drug-likeness (QED) is 0.674. The number of carbonyl (C=O) groups is 1. The molecule has 0 radical (unpaired) electrons. The highest BCUT2D eigenvalue weighted by Crippen LogP contribution is 2.32. The van der Waals surface area contributed by atoms with Gasteiger partial charge in [0.1, 0.15) is 0 Å². The lowest BCUT2D eigenvalue weighted by atomic mass is 10.0. The highest BCUT2D eigenvalue weighted by atomic mass is 79.9. The molecule has 0 aliphatic carbocycles. The lowest BCUT2D eigenvalue weighted by molar-refractivity contribution is -0.144. The van der Waals surface area contributed by atoms with Crippen LogP contribution in [0.4, 0.5) is 0 Å². The van der Waals surface area contributed by atoms with Crippen LogP contribution in [0.15, 0.2) is 21.2 Å². The first-order valence-electron chi connectivity index (χ1n) is 7.32. The van der Waals surface area contributed by atoms with Crippen molar-refractivity contribution in [3.05, 3.63) is 26.9 Å². The van der Waals surface area contributed by atoms with E-state index in [1.54, 1.807) is 6.20 Å². The molecule has 1 unspecified atom stereocenters. The smallest absolute Gasteiger partial charge is 0.307 e. The van der Waals surface area contributed by atoms with Crippen molar-refractivity contribution in [3.8, 4) is 0 Å². The second kappa shape index (κ2) is 8.25. The zero-order chi connectivity index (χ0) is 15.2. The van der Waals surface area contributed by atoms with Gasteiger partial charge in [-0.2, -0.15) is 0 Å². The van der Waals surface area contributed by atoms with Gasteiger partial charge in [0.15, 0.2) is 0 Å². The Kier molecular flexibility index (Phi) is 6.64. The third-order valence-corrected chi connectivity index (χ3v) is 4.72. The van der Waals surface area contributed by atoms with E-state index in [0.717, 1.165) is 27.7 Å². The molecule has 0 N–H and O–H groups in total. The molecule has 1 aliphatic rings. The van der Waals surface area contributed by atoms with Crippen LogP contribution in [0.25, 0.3) is 0 Å². The molecule has 1 aromatic heterocycles. The molecule has 4 nitrogen and oxygen atoms in total. The number of hydrogen-bond donors (Lipinski definition) is 0. The average Bonchev–Trinajstić information content (AvgIpc) is 2.47. The number of hydrogen-bond acceptors (Lipinski definition) is 4. The van der Waals surface area contributed by atoms with Gasteiger partial charge in [-0.1, -0.05) is 6.42 Å². The van der Waals surface area contributed by atoms with E-state index in [4.69, 9.17) is 4.74 Å². The summed E-state index contributed by atoms with van der Waals surface area (Å²) in [7, 11) is 0. The van der Waals surface area contributed by atoms with E-state index in [9.17, 15) is 4.79 Å². The van der Waals surface area contributed by atoms with Crippen LogP contribution in [0.5, 0.6) is 0 Å². The van der Waals surface area contributed by atoms with E-state index in [0.29, 0.717) is 13.0 Å². The highest BCUT2D eigenvalue weighted by Gasteiger charge is 2.28. The van der Waals surface area contributed by atoms with Gasteiger partial charge in [-0.15, -0.1) is 0 Å². The molecule has 1 saturated heterocycles. The number of halogens is 2. The number of rotatable bonds is 5. The fourth-order valence-electron chi connectivity index (χ4n) is 2.68.